The molecule has 1 rings (SSSR count). The van der Waals surface area contributed by atoms with Crippen molar-refractivity contribution in [3.63, 3.8) is 0 Å². The fourth-order valence-corrected chi connectivity index (χ4v) is 3.80. The van der Waals surface area contributed by atoms with Crippen LogP contribution in [0.3, 0.4) is 0 Å². The summed E-state index contributed by atoms with van der Waals surface area (Å²) in [5.41, 5.74) is 1.06. The average Bonchev–Trinajstić information content (AvgIpc) is 2.60. The molecular weight excluding hydrogens is 208 g/mol. The third-order valence-electron chi connectivity index (χ3n) is 4.84. The Hall–Kier alpha value is -0.0400. The van der Waals surface area contributed by atoms with Crippen molar-refractivity contribution in [3.05, 3.63) is 0 Å². The van der Waals surface area contributed by atoms with Crippen LogP contribution in [0, 0.1) is 22.2 Å². The molecule has 102 valence electrons. The summed E-state index contributed by atoms with van der Waals surface area (Å²) in [6.45, 7) is 18.6. The van der Waals surface area contributed by atoms with E-state index in [1.54, 1.807) is 0 Å². The second-order valence-electron chi connectivity index (χ2n) is 7.92. The Morgan fingerprint density at radius 1 is 1.12 bits per heavy atom. The van der Waals surface area contributed by atoms with Gasteiger partial charge in [0.1, 0.15) is 0 Å². The van der Waals surface area contributed by atoms with E-state index in [-0.39, 0.29) is 0 Å². The summed E-state index contributed by atoms with van der Waals surface area (Å²) >= 11 is 0. The summed E-state index contributed by atoms with van der Waals surface area (Å²) < 4.78 is 5.81. The zero-order chi connectivity index (χ0) is 13.3. The molecule has 0 radical (unpaired) electrons. The maximum atomic E-state index is 5.81. The smallest absolute Gasteiger partial charge is 0.0531 e. The molecule has 2 unspecified atom stereocenters. The normalized spacial score (nSPS) is 28.4. The predicted octanol–water partition coefficient (Wildman–Crippen LogP) is 4.90. The molecule has 0 N–H and O–H groups in total. The summed E-state index contributed by atoms with van der Waals surface area (Å²) in [7, 11) is 0. The summed E-state index contributed by atoms with van der Waals surface area (Å²) in [5, 5.41) is 0. The van der Waals surface area contributed by atoms with Crippen LogP contribution < -0.4 is 0 Å². The molecule has 1 aliphatic rings. The topological polar surface area (TPSA) is 9.23 Å². The monoisotopic (exact) mass is 240 g/mol. The Kier molecular flexibility index (Phi) is 4.34. The van der Waals surface area contributed by atoms with Gasteiger partial charge >= 0.3 is 0 Å². The minimum Gasteiger partial charge on any atom is -0.381 e. The largest absolute Gasteiger partial charge is 0.381 e. The highest BCUT2D eigenvalue weighted by molar-refractivity contribution is 5.01. The highest BCUT2D eigenvalue weighted by atomic mass is 16.5. The fraction of sp³-hybridized carbons (Fsp3) is 1.00. The molecule has 0 spiro atoms. The molecule has 1 aliphatic heterocycles. The van der Waals surface area contributed by atoms with Crippen molar-refractivity contribution in [1.82, 2.24) is 0 Å². The van der Waals surface area contributed by atoms with Crippen LogP contribution in [0.4, 0.5) is 0 Å². The first-order valence-corrected chi connectivity index (χ1v) is 7.23. The highest BCUT2D eigenvalue weighted by Gasteiger charge is 2.53. The van der Waals surface area contributed by atoms with Crippen molar-refractivity contribution >= 4 is 0 Å². The number of ether oxygens (including phenoxy) is 1. The van der Waals surface area contributed by atoms with Gasteiger partial charge in [-0.15, -0.1) is 0 Å². The number of hydrogen-bond acceptors (Lipinski definition) is 1. The molecule has 17 heavy (non-hydrogen) atoms. The molecule has 0 aliphatic carbocycles. The van der Waals surface area contributed by atoms with Crippen LogP contribution in [0.25, 0.3) is 0 Å². The molecule has 1 fully saturated rings. The van der Waals surface area contributed by atoms with Gasteiger partial charge in [0.15, 0.2) is 0 Å². The quantitative estimate of drug-likeness (QED) is 0.681. The molecule has 0 amide bonds. The van der Waals surface area contributed by atoms with E-state index in [0.29, 0.717) is 16.2 Å². The van der Waals surface area contributed by atoms with Gasteiger partial charge in [0.2, 0.25) is 0 Å². The zero-order valence-electron chi connectivity index (χ0n) is 13.0. The van der Waals surface area contributed by atoms with Gasteiger partial charge in [-0.25, -0.2) is 0 Å². The first kappa shape index (κ1) is 15.0. The minimum atomic E-state index is 0.330. The lowest BCUT2D eigenvalue weighted by Crippen LogP contribution is -2.48. The third kappa shape index (κ3) is 2.86. The van der Waals surface area contributed by atoms with Crippen molar-refractivity contribution in [2.75, 3.05) is 13.2 Å². The van der Waals surface area contributed by atoms with Gasteiger partial charge in [-0.1, -0.05) is 54.9 Å². The van der Waals surface area contributed by atoms with Gasteiger partial charge in [-0.3, -0.25) is 0 Å². The van der Waals surface area contributed by atoms with E-state index in [2.05, 4.69) is 48.5 Å². The Morgan fingerprint density at radius 3 is 2.00 bits per heavy atom. The molecule has 1 heterocycles. The van der Waals surface area contributed by atoms with Gasteiger partial charge < -0.3 is 4.74 Å². The van der Waals surface area contributed by atoms with E-state index in [1.807, 2.05) is 0 Å². The molecule has 0 bridgehead atoms. The first-order chi connectivity index (χ1) is 7.65. The van der Waals surface area contributed by atoms with Crippen LogP contribution >= 0.6 is 0 Å². The van der Waals surface area contributed by atoms with Crippen LogP contribution in [0.2, 0.25) is 0 Å². The Labute approximate surface area is 108 Å². The second kappa shape index (κ2) is 4.91. The van der Waals surface area contributed by atoms with Crippen molar-refractivity contribution < 1.29 is 4.74 Å². The summed E-state index contributed by atoms with van der Waals surface area (Å²) in [6.07, 6.45) is 3.84. The van der Waals surface area contributed by atoms with Gasteiger partial charge in [0.05, 0.1) is 6.61 Å². The lowest BCUT2D eigenvalue weighted by Gasteiger charge is -2.52. The van der Waals surface area contributed by atoms with Crippen LogP contribution in [-0.4, -0.2) is 13.2 Å². The van der Waals surface area contributed by atoms with E-state index < -0.39 is 0 Å². The Balaban J connectivity index is 3.11. The molecule has 0 saturated carbocycles. The number of rotatable bonds is 3. The highest BCUT2D eigenvalue weighted by Crippen LogP contribution is 2.57. The summed E-state index contributed by atoms with van der Waals surface area (Å²) in [4.78, 5) is 0. The van der Waals surface area contributed by atoms with Crippen LogP contribution in [0.15, 0.2) is 0 Å². The van der Waals surface area contributed by atoms with E-state index in [0.717, 1.165) is 19.1 Å². The predicted molar refractivity (Wildman–Crippen MR) is 75.2 cm³/mol. The first-order valence-electron chi connectivity index (χ1n) is 7.23. The standard InChI is InChI=1S/C16H32O/c1-8-9-13(14(2,3)4)16(15(5,6)7)10-11-17-12-16/h13H,8-12H2,1-7H3. The molecule has 1 heteroatoms. The summed E-state index contributed by atoms with van der Waals surface area (Å²) in [6, 6.07) is 0. The second-order valence-corrected chi connectivity index (χ2v) is 7.92. The summed E-state index contributed by atoms with van der Waals surface area (Å²) in [5.74, 6) is 0.752. The van der Waals surface area contributed by atoms with E-state index in [9.17, 15) is 0 Å². The molecule has 2 atom stereocenters. The van der Waals surface area contributed by atoms with E-state index >= 15 is 0 Å². The van der Waals surface area contributed by atoms with Crippen molar-refractivity contribution in [3.8, 4) is 0 Å². The van der Waals surface area contributed by atoms with Gasteiger partial charge in [0, 0.05) is 12.0 Å². The van der Waals surface area contributed by atoms with Gasteiger partial charge in [-0.05, 0) is 29.6 Å². The average molecular weight is 240 g/mol. The molecule has 1 nitrogen and oxygen atoms in total. The number of hydrogen-bond donors (Lipinski definition) is 0. The SMILES string of the molecule is CCCC(C(C)(C)C)C1(C(C)(C)C)CCOC1. The molecular formula is C16H32O. The fourth-order valence-electron chi connectivity index (χ4n) is 3.80. The lowest BCUT2D eigenvalue weighted by molar-refractivity contribution is -0.0496. The van der Waals surface area contributed by atoms with E-state index in [1.165, 1.54) is 19.3 Å². The maximum absolute atomic E-state index is 5.81. The van der Waals surface area contributed by atoms with Crippen molar-refractivity contribution in [1.29, 1.82) is 0 Å². The molecule has 0 aromatic carbocycles. The molecule has 0 aromatic rings. The Bertz CT molecular complexity index is 235. The van der Waals surface area contributed by atoms with Crippen LogP contribution in [0.1, 0.15) is 67.7 Å². The van der Waals surface area contributed by atoms with E-state index in [4.69, 9.17) is 4.74 Å². The zero-order valence-corrected chi connectivity index (χ0v) is 13.0. The van der Waals surface area contributed by atoms with Crippen molar-refractivity contribution in [2.24, 2.45) is 22.2 Å². The van der Waals surface area contributed by atoms with Gasteiger partial charge in [-0.2, -0.15) is 0 Å². The molecule has 1 saturated heterocycles. The van der Waals surface area contributed by atoms with Gasteiger partial charge in [0.25, 0.3) is 0 Å². The molecule has 0 aromatic heterocycles. The lowest BCUT2D eigenvalue weighted by atomic mass is 9.52. The van der Waals surface area contributed by atoms with Crippen molar-refractivity contribution in [2.45, 2.75) is 67.7 Å². The minimum absolute atomic E-state index is 0.330. The van der Waals surface area contributed by atoms with Crippen LogP contribution in [0.5, 0.6) is 0 Å². The Morgan fingerprint density at radius 2 is 1.71 bits per heavy atom. The van der Waals surface area contributed by atoms with Crippen LogP contribution in [-0.2, 0) is 4.74 Å². The maximum Gasteiger partial charge on any atom is 0.0531 e. The third-order valence-corrected chi connectivity index (χ3v) is 4.84.